The van der Waals surface area contributed by atoms with Gasteiger partial charge in [0.1, 0.15) is 6.66 Å². The second-order valence-corrected chi connectivity index (χ2v) is 5.33. The van der Waals surface area contributed by atoms with Crippen molar-refractivity contribution in [2.24, 2.45) is 0 Å². The minimum absolute atomic E-state index is 0.164. The van der Waals surface area contributed by atoms with Gasteiger partial charge in [-0.15, -0.1) is 0 Å². The fourth-order valence-corrected chi connectivity index (χ4v) is 1.65. The molecule has 0 bridgehead atoms. The minimum Gasteiger partial charge on any atom is -0.366 e. The van der Waals surface area contributed by atoms with Crippen LogP contribution >= 0.6 is 32.3 Å². The van der Waals surface area contributed by atoms with Crippen LogP contribution in [0.4, 0.5) is 0 Å². The zero-order valence-corrected chi connectivity index (χ0v) is 10.4. The standard InChI is InChI=1S/C5H13N4O2PS2/c1-6-4(13)7-3-8-5(14)9-12(2,10)11/h10-11H,3H2,1-2H3,(H3-,6,7,8,9,13,14)/p+1. The molecular formula is C5H14N4O2PS2+. The van der Waals surface area contributed by atoms with Gasteiger partial charge in [-0.05, 0) is 24.4 Å². The van der Waals surface area contributed by atoms with Crippen molar-refractivity contribution < 1.29 is 9.79 Å². The fourth-order valence-electron chi connectivity index (χ4n) is 0.525. The molecule has 0 spiro atoms. The third-order valence-electron chi connectivity index (χ3n) is 1.04. The summed E-state index contributed by atoms with van der Waals surface area (Å²) in [4.78, 5) is 18.0. The van der Waals surface area contributed by atoms with E-state index in [1.807, 2.05) is 0 Å². The molecule has 0 aromatic heterocycles. The van der Waals surface area contributed by atoms with Crippen LogP contribution < -0.4 is 21.0 Å². The van der Waals surface area contributed by atoms with Crippen LogP contribution in [-0.4, -0.2) is 40.4 Å². The fraction of sp³-hybridized carbons (Fsp3) is 0.600. The summed E-state index contributed by atoms with van der Waals surface area (Å²) in [5.74, 6) is 0. The van der Waals surface area contributed by atoms with Crippen molar-refractivity contribution >= 4 is 42.5 Å². The Kier molecular flexibility index (Phi) is 6.14. The lowest BCUT2D eigenvalue weighted by atomic mass is 10.9. The molecule has 82 valence electrons. The Hall–Kier alpha value is -0.270. The van der Waals surface area contributed by atoms with E-state index in [9.17, 15) is 0 Å². The predicted molar refractivity (Wildman–Crippen MR) is 65.8 cm³/mol. The SMILES string of the molecule is CNC(=S)NCNC(=S)N[P+](C)(O)O. The first-order valence-corrected chi connectivity index (χ1v) is 6.64. The molecule has 0 heterocycles. The van der Waals surface area contributed by atoms with Gasteiger partial charge < -0.3 is 16.0 Å². The summed E-state index contributed by atoms with van der Waals surface area (Å²) in [6, 6.07) is 0. The van der Waals surface area contributed by atoms with Gasteiger partial charge in [-0.3, -0.25) is 0 Å². The highest BCUT2D eigenvalue weighted by Gasteiger charge is 2.25. The Labute approximate surface area is 94.0 Å². The molecular weight excluding hydrogens is 243 g/mol. The van der Waals surface area contributed by atoms with Gasteiger partial charge in [0.05, 0.1) is 6.67 Å². The first-order valence-electron chi connectivity index (χ1n) is 3.69. The summed E-state index contributed by atoms with van der Waals surface area (Å²) < 4.78 is 0. The van der Waals surface area contributed by atoms with E-state index < -0.39 is 7.87 Å². The van der Waals surface area contributed by atoms with E-state index in [0.29, 0.717) is 11.8 Å². The van der Waals surface area contributed by atoms with Gasteiger partial charge in [0.2, 0.25) is 5.11 Å². The zero-order chi connectivity index (χ0) is 11.2. The third-order valence-corrected chi connectivity index (χ3v) is 2.43. The summed E-state index contributed by atoms with van der Waals surface area (Å²) in [6.07, 6.45) is 0. The smallest absolute Gasteiger partial charge is 0.363 e. The molecule has 0 atom stereocenters. The van der Waals surface area contributed by atoms with Crippen molar-refractivity contribution in [3.63, 3.8) is 0 Å². The van der Waals surface area contributed by atoms with Crippen LogP contribution in [0.3, 0.4) is 0 Å². The summed E-state index contributed by atoms with van der Waals surface area (Å²) in [6.45, 7) is 1.58. The molecule has 6 nitrogen and oxygen atoms in total. The monoisotopic (exact) mass is 257 g/mol. The molecule has 0 aromatic rings. The molecule has 0 unspecified atom stereocenters. The van der Waals surface area contributed by atoms with Crippen LogP contribution in [0, 0.1) is 0 Å². The van der Waals surface area contributed by atoms with Crippen LogP contribution in [0.15, 0.2) is 0 Å². The van der Waals surface area contributed by atoms with Gasteiger partial charge in [-0.25, -0.2) is 0 Å². The minimum atomic E-state index is -3.07. The zero-order valence-electron chi connectivity index (χ0n) is 7.87. The molecule has 0 saturated heterocycles. The summed E-state index contributed by atoms with van der Waals surface area (Å²) in [7, 11) is -1.38. The Bertz CT molecular complexity index is 220. The number of nitrogens with one attached hydrogen (secondary N) is 4. The second kappa shape index (κ2) is 6.26. The summed E-state index contributed by atoms with van der Waals surface area (Å²) >= 11 is 9.57. The van der Waals surface area contributed by atoms with Crippen molar-refractivity contribution in [2.45, 2.75) is 0 Å². The van der Waals surface area contributed by atoms with Gasteiger partial charge in [0.15, 0.2) is 5.11 Å². The van der Waals surface area contributed by atoms with Gasteiger partial charge in [0, 0.05) is 7.05 Å². The normalized spacial score (nSPS) is 10.3. The van der Waals surface area contributed by atoms with Crippen molar-refractivity contribution in [1.82, 2.24) is 21.0 Å². The molecule has 0 saturated carbocycles. The van der Waals surface area contributed by atoms with Crippen molar-refractivity contribution in [3.8, 4) is 0 Å². The predicted octanol–water partition coefficient (Wildman–Crippen LogP) is -1.12. The molecule has 9 heteroatoms. The van der Waals surface area contributed by atoms with Gasteiger partial charge >= 0.3 is 7.87 Å². The first kappa shape index (κ1) is 13.7. The molecule has 0 aliphatic carbocycles. The molecule has 6 N–H and O–H groups in total. The third kappa shape index (κ3) is 8.33. The Balaban J connectivity index is 3.60. The highest BCUT2D eigenvalue weighted by atomic mass is 32.1. The van der Waals surface area contributed by atoms with Crippen LogP contribution in [0.1, 0.15) is 0 Å². The number of rotatable bonds is 3. The average molecular weight is 257 g/mol. The van der Waals surface area contributed by atoms with Crippen molar-refractivity contribution in [3.05, 3.63) is 0 Å². The van der Waals surface area contributed by atoms with Crippen molar-refractivity contribution in [1.29, 1.82) is 0 Å². The van der Waals surface area contributed by atoms with Gasteiger partial charge in [-0.1, -0.05) is 0 Å². The quantitative estimate of drug-likeness (QED) is 0.215. The van der Waals surface area contributed by atoms with Crippen LogP contribution in [-0.2, 0) is 0 Å². The average Bonchev–Trinajstić information content (AvgIpc) is 2.00. The van der Waals surface area contributed by atoms with Gasteiger partial charge in [-0.2, -0.15) is 14.9 Å². The molecule has 0 fully saturated rings. The van der Waals surface area contributed by atoms with E-state index >= 15 is 0 Å². The molecule has 0 amide bonds. The van der Waals surface area contributed by atoms with Crippen LogP contribution in [0.25, 0.3) is 0 Å². The molecule has 0 aromatic carbocycles. The summed E-state index contributed by atoms with van der Waals surface area (Å²) in [5, 5.41) is 11.2. The van der Waals surface area contributed by atoms with Gasteiger partial charge in [0.25, 0.3) is 0 Å². The molecule has 14 heavy (non-hydrogen) atoms. The Morgan fingerprint density at radius 3 is 2.14 bits per heavy atom. The number of hydrogen-bond donors (Lipinski definition) is 6. The van der Waals surface area contributed by atoms with E-state index in [4.69, 9.17) is 34.2 Å². The van der Waals surface area contributed by atoms with Crippen molar-refractivity contribution in [2.75, 3.05) is 20.4 Å². The topological polar surface area (TPSA) is 88.6 Å². The lowest BCUT2D eigenvalue weighted by Gasteiger charge is -2.13. The lowest BCUT2D eigenvalue weighted by molar-refractivity contribution is 0.451. The van der Waals surface area contributed by atoms with Crippen LogP contribution in [0.5, 0.6) is 0 Å². The maximum Gasteiger partial charge on any atom is 0.363 e. The number of hydrogen-bond acceptors (Lipinski definition) is 4. The maximum atomic E-state index is 9.01. The lowest BCUT2D eigenvalue weighted by Crippen LogP contribution is -2.44. The molecule has 0 radical (unpaired) electrons. The largest absolute Gasteiger partial charge is 0.366 e. The molecule has 0 aliphatic rings. The summed E-state index contributed by atoms with van der Waals surface area (Å²) in [5.41, 5.74) is 0. The Morgan fingerprint density at radius 1 is 1.21 bits per heavy atom. The highest BCUT2D eigenvalue weighted by molar-refractivity contribution is 7.81. The van der Waals surface area contributed by atoms with E-state index in [0.717, 1.165) is 0 Å². The Morgan fingerprint density at radius 2 is 1.71 bits per heavy atom. The molecule has 0 rings (SSSR count). The van der Waals surface area contributed by atoms with E-state index in [1.54, 1.807) is 7.05 Å². The first-order chi connectivity index (χ1) is 6.35. The van der Waals surface area contributed by atoms with E-state index in [1.165, 1.54) is 6.66 Å². The highest BCUT2D eigenvalue weighted by Crippen LogP contribution is 2.38. The van der Waals surface area contributed by atoms with E-state index in [2.05, 4.69) is 21.0 Å². The van der Waals surface area contributed by atoms with Crippen LogP contribution in [0.2, 0.25) is 0 Å². The molecule has 0 aliphatic heterocycles. The number of thiocarbonyl (C=S) groups is 2. The second-order valence-electron chi connectivity index (χ2n) is 2.46. The maximum absolute atomic E-state index is 9.01. The van der Waals surface area contributed by atoms with E-state index in [-0.39, 0.29) is 5.11 Å².